The fraction of sp³-hybridized carbons (Fsp3) is 0.538. The highest BCUT2D eigenvalue weighted by Crippen LogP contribution is 2.10. The Kier molecular flexibility index (Phi) is 4.25. The lowest BCUT2D eigenvalue weighted by Crippen LogP contribution is -2.41. The maximum absolute atomic E-state index is 12.2. The molecule has 0 saturated carbocycles. The molecule has 0 spiro atoms. The summed E-state index contributed by atoms with van der Waals surface area (Å²) in [5, 5.41) is 9.34. The van der Waals surface area contributed by atoms with E-state index in [2.05, 4.69) is 20.5 Å². The summed E-state index contributed by atoms with van der Waals surface area (Å²) in [6.45, 7) is 8.73. The highest BCUT2D eigenvalue weighted by molar-refractivity contribution is 5.84. The van der Waals surface area contributed by atoms with Gasteiger partial charge in [-0.2, -0.15) is 5.10 Å². The van der Waals surface area contributed by atoms with Gasteiger partial charge >= 0.3 is 5.69 Å². The van der Waals surface area contributed by atoms with Crippen LogP contribution in [0.2, 0.25) is 0 Å². The number of hydrogen-bond acceptors (Lipinski definition) is 5. The van der Waals surface area contributed by atoms with E-state index in [0.29, 0.717) is 30.4 Å². The molecule has 1 atom stereocenters. The van der Waals surface area contributed by atoms with Gasteiger partial charge in [0.05, 0.1) is 0 Å². The van der Waals surface area contributed by atoms with Crippen molar-refractivity contribution in [1.29, 1.82) is 0 Å². The van der Waals surface area contributed by atoms with E-state index in [0.717, 1.165) is 0 Å². The average molecular weight is 292 g/mol. The number of carbonyl (C=O) groups is 1. The first-order valence-electron chi connectivity index (χ1n) is 6.98. The topological polar surface area (TPSA) is 95.4 Å². The zero-order chi connectivity index (χ0) is 15.6. The van der Waals surface area contributed by atoms with Gasteiger partial charge in [-0.05, 0) is 27.7 Å². The second kappa shape index (κ2) is 5.94. The van der Waals surface area contributed by atoms with E-state index >= 15 is 0 Å². The summed E-state index contributed by atoms with van der Waals surface area (Å²) >= 11 is 0. The number of aryl methyl sites for hydroxylation is 1. The number of nitrogens with one attached hydrogen (secondary N) is 2. The predicted octanol–water partition coefficient (Wildman–Crippen LogP) is 0.395. The van der Waals surface area contributed by atoms with Crippen molar-refractivity contribution >= 4 is 17.4 Å². The van der Waals surface area contributed by atoms with E-state index in [-0.39, 0.29) is 11.6 Å². The molecule has 0 aliphatic heterocycles. The number of hydrogen-bond donors (Lipinski definition) is 2. The van der Waals surface area contributed by atoms with Crippen molar-refractivity contribution in [2.24, 2.45) is 0 Å². The number of nitrogens with zero attached hydrogens (tertiary/aromatic N) is 4. The number of carbonyl (C=O) groups excluding carboxylic acids is 1. The highest BCUT2D eigenvalue weighted by Gasteiger charge is 2.19. The quantitative estimate of drug-likeness (QED) is 0.831. The Morgan fingerprint density at radius 2 is 2.14 bits per heavy atom. The molecular weight excluding hydrogens is 272 g/mol. The molecule has 8 heteroatoms. The second-order valence-corrected chi connectivity index (χ2v) is 4.79. The first kappa shape index (κ1) is 15.0. The van der Waals surface area contributed by atoms with Gasteiger partial charge in [0, 0.05) is 19.2 Å². The molecule has 114 valence electrons. The lowest BCUT2D eigenvalue weighted by atomic mass is 10.2. The summed E-state index contributed by atoms with van der Waals surface area (Å²) in [5.74, 6) is 1.04. The summed E-state index contributed by atoms with van der Waals surface area (Å²) in [4.78, 5) is 29.8. The van der Waals surface area contributed by atoms with Crippen LogP contribution in [0.25, 0.3) is 5.65 Å². The molecule has 0 aliphatic rings. The SMILES string of the molecule is CCN(CC)C(=O)C(C)Nc1cc2n[nH]c(=O)n2c(C)n1. The van der Waals surface area contributed by atoms with Crippen LogP contribution in [0.1, 0.15) is 26.6 Å². The van der Waals surface area contributed by atoms with E-state index < -0.39 is 6.04 Å². The van der Waals surface area contributed by atoms with Gasteiger partial charge < -0.3 is 10.2 Å². The number of aromatic nitrogens is 4. The maximum Gasteiger partial charge on any atom is 0.349 e. The largest absolute Gasteiger partial charge is 0.358 e. The highest BCUT2D eigenvalue weighted by atomic mass is 16.2. The molecule has 1 unspecified atom stereocenters. The van der Waals surface area contributed by atoms with E-state index in [1.165, 1.54) is 4.40 Å². The summed E-state index contributed by atoms with van der Waals surface area (Å²) in [6.07, 6.45) is 0. The van der Waals surface area contributed by atoms with Crippen LogP contribution >= 0.6 is 0 Å². The average Bonchev–Trinajstić information content (AvgIpc) is 2.81. The van der Waals surface area contributed by atoms with E-state index in [9.17, 15) is 9.59 Å². The second-order valence-electron chi connectivity index (χ2n) is 4.79. The van der Waals surface area contributed by atoms with Crippen molar-refractivity contribution in [2.75, 3.05) is 18.4 Å². The van der Waals surface area contributed by atoms with Crippen LogP contribution in [0.15, 0.2) is 10.9 Å². The van der Waals surface area contributed by atoms with E-state index in [1.807, 2.05) is 13.8 Å². The standard InChI is InChI=1S/C13H20N6O2/c1-5-18(6-2)12(20)8(3)14-10-7-11-16-17-13(21)19(11)9(4)15-10/h7-8,14H,5-6H2,1-4H3,(H,17,21). The Bertz CT molecular complexity index is 700. The first-order valence-corrected chi connectivity index (χ1v) is 6.98. The van der Waals surface area contributed by atoms with Crippen molar-refractivity contribution in [1.82, 2.24) is 24.5 Å². The molecule has 2 aromatic heterocycles. The van der Waals surface area contributed by atoms with Crippen LogP contribution in [-0.4, -0.2) is 49.5 Å². The molecule has 21 heavy (non-hydrogen) atoms. The number of anilines is 1. The summed E-state index contributed by atoms with van der Waals surface area (Å²) < 4.78 is 1.38. The van der Waals surface area contributed by atoms with Gasteiger partial charge in [0.15, 0.2) is 5.65 Å². The van der Waals surface area contributed by atoms with Crippen molar-refractivity contribution in [3.05, 3.63) is 22.4 Å². The minimum Gasteiger partial charge on any atom is -0.358 e. The fourth-order valence-corrected chi connectivity index (χ4v) is 2.26. The maximum atomic E-state index is 12.2. The van der Waals surface area contributed by atoms with Crippen LogP contribution in [-0.2, 0) is 4.79 Å². The Morgan fingerprint density at radius 1 is 1.48 bits per heavy atom. The van der Waals surface area contributed by atoms with Crippen LogP contribution in [0.3, 0.4) is 0 Å². The van der Waals surface area contributed by atoms with Crippen LogP contribution in [0.5, 0.6) is 0 Å². The number of rotatable bonds is 5. The number of fused-ring (bicyclic) bond motifs is 1. The zero-order valence-electron chi connectivity index (χ0n) is 12.7. The Morgan fingerprint density at radius 3 is 2.76 bits per heavy atom. The third-order valence-electron chi connectivity index (χ3n) is 3.38. The number of H-pyrrole nitrogens is 1. The normalized spacial score (nSPS) is 12.4. The number of likely N-dealkylation sites (N-methyl/N-ethyl adjacent to an activating group) is 1. The molecule has 2 aromatic rings. The van der Waals surface area contributed by atoms with Crippen molar-refractivity contribution in [2.45, 2.75) is 33.7 Å². The summed E-state index contributed by atoms with van der Waals surface area (Å²) in [6, 6.07) is 1.24. The van der Waals surface area contributed by atoms with Gasteiger partial charge in [0.1, 0.15) is 17.7 Å². The summed E-state index contributed by atoms with van der Waals surface area (Å²) in [7, 11) is 0. The molecule has 8 nitrogen and oxygen atoms in total. The van der Waals surface area contributed by atoms with Crippen LogP contribution in [0.4, 0.5) is 5.82 Å². The first-order chi connectivity index (χ1) is 9.97. The Balaban J connectivity index is 2.23. The molecule has 0 saturated heterocycles. The van der Waals surface area contributed by atoms with E-state index in [4.69, 9.17) is 0 Å². The third kappa shape index (κ3) is 2.88. The van der Waals surface area contributed by atoms with Gasteiger partial charge in [-0.25, -0.2) is 19.3 Å². The molecule has 0 aliphatic carbocycles. The monoisotopic (exact) mass is 292 g/mol. The minimum absolute atomic E-state index is 0.0127. The molecule has 0 bridgehead atoms. The molecule has 0 aromatic carbocycles. The zero-order valence-corrected chi connectivity index (χ0v) is 12.7. The Labute approximate surface area is 122 Å². The van der Waals surface area contributed by atoms with Gasteiger partial charge in [-0.15, -0.1) is 0 Å². The van der Waals surface area contributed by atoms with Crippen molar-refractivity contribution in [3.8, 4) is 0 Å². The molecular formula is C13H20N6O2. The minimum atomic E-state index is -0.398. The number of amides is 1. The lowest BCUT2D eigenvalue weighted by Gasteiger charge is -2.23. The van der Waals surface area contributed by atoms with Gasteiger partial charge in [-0.1, -0.05) is 0 Å². The van der Waals surface area contributed by atoms with E-state index in [1.54, 1.807) is 24.8 Å². The third-order valence-corrected chi connectivity index (χ3v) is 3.38. The molecule has 2 heterocycles. The van der Waals surface area contributed by atoms with Crippen molar-refractivity contribution < 1.29 is 4.79 Å². The van der Waals surface area contributed by atoms with Crippen molar-refractivity contribution in [3.63, 3.8) is 0 Å². The molecule has 2 rings (SSSR count). The summed E-state index contributed by atoms with van der Waals surface area (Å²) in [5.41, 5.74) is 0.145. The lowest BCUT2D eigenvalue weighted by molar-refractivity contribution is -0.131. The smallest absolute Gasteiger partial charge is 0.349 e. The van der Waals surface area contributed by atoms with Crippen LogP contribution < -0.4 is 11.0 Å². The fourth-order valence-electron chi connectivity index (χ4n) is 2.26. The molecule has 2 N–H and O–H groups in total. The van der Waals surface area contributed by atoms with Crippen LogP contribution in [0, 0.1) is 6.92 Å². The molecule has 0 radical (unpaired) electrons. The van der Waals surface area contributed by atoms with Gasteiger partial charge in [-0.3, -0.25) is 4.79 Å². The molecule has 1 amide bonds. The van der Waals surface area contributed by atoms with Gasteiger partial charge in [0.25, 0.3) is 0 Å². The molecule has 0 fully saturated rings. The van der Waals surface area contributed by atoms with Gasteiger partial charge in [0.2, 0.25) is 5.91 Å². The predicted molar refractivity (Wildman–Crippen MR) is 79.4 cm³/mol. The Hall–Kier alpha value is -2.38. The number of aromatic amines is 1.